The Bertz CT molecular complexity index is 326. The molecule has 1 N–H and O–H groups in total. The van der Waals surface area contributed by atoms with Crippen molar-refractivity contribution in [1.82, 2.24) is 15.2 Å². The first-order valence-corrected chi connectivity index (χ1v) is 6.90. The average Bonchev–Trinajstić information content (AvgIpc) is 2.39. The van der Waals surface area contributed by atoms with E-state index in [1.54, 1.807) is 0 Å². The Morgan fingerprint density at radius 2 is 2.11 bits per heavy atom. The lowest BCUT2D eigenvalue weighted by Gasteiger charge is -2.34. The minimum absolute atomic E-state index is 0.333. The van der Waals surface area contributed by atoms with E-state index in [2.05, 4.69) is 48.1 Å². The molecule has 0 spiro atoms. The van der Waals surface area contributed by atoms with Gasteiger partial charge < -0.3 is 5.32 Å². The summed E-state index contributed by atoms with van der Waals surface area (Å²) in [5.74, 6) is 0. The summed E-state index contributed by atoms with van der Waals surface area (Å²) in [6, 6.07) is 6.13. The van der Waals surface area contributed by atoms with Crippen LogP contribution in [0.1, 0.15) is 32.9 Å². The Morgan fingerprint density at radius 3 is 2.61 bits per heavy atom. The second-order valence-corrected chi connectivity index (χ2v) is 5.32. The first-order valence-electron chi connectivity index (χ1n) is 6.90. The zero-order valence-corrected chi connectivity index (χ0v) is 12.2. The van der Waals surface area contributed by atoms with Crippen LogP contribution in [0.4, 0.5) is 0 Å². The maximum Gasteiger partial charge on any atom is 0.0543 e. The summed E-state index contributed by atoms with van der Waals surface area (Å²) in [5.41, 5.74) is 1.49. The number of pyridine rings is 1. The van der Waals surface area contributed by atoms with Gasteiger partial charge in [-0.3, -0.25) is 9.88 Å². The number of aromatic nitrogens is 1. The molecular weight excluding hydrogens is 222 g/mol. The maximum atomic E-state index is 4.41. The van der Waals surface area contributed by atoms with Crippen molar-refractivity contribution in [2.45, 2.75) is 33.7 Å². The fraction of sp³-hybridized carbons (Fsp3) is 0.667. The van der Waals surface area contributed by atoms with Gasteiger partial charge in [-0.15, -0.1) is 0 Å². The first kappa shape index (κ1) is 15.1. The molecule has 1 aromatic heterocycles. The van der Waals surface area contributed by atoms with Crippen molar-refractivity contribution < 1.29 is 0 Å². The van der Waals surface area contributed by atoms with Crippen LogP contribution >= 0.6 is 0 Å². The number of nitrogens with one attached hydrogen (secondary N) is 1. The summed E-state index contributed by atoms with van der Waals surface area (Å²) in [7, 11) is 2.03. The molecule has 1 rings (SSSR count). The van der Waals surface area contributed by atoms with Crippen LogP contribution in [0.2, 0.25) is 0 Å². The number of nitrogens with zero attached hydrogens (tertiary/aromatic N) is 2. The van der Waals surface area contributed by atoms with E-state index in [4.69, 9.17) is 0 Å². The van der Waals surface area contributed by atoms with Crippen molar-refractivity contribution >= 4 is 0 Å². The molecule has 1 atom stereocenters. The highest BCUT2D eigenvalue weighted by Crippen LogP contribution is 2.22. The molecule has 0 saturated carbocycles. The minimum atomic E-state index is 0.333. The van der Waals surface area contributed by atoms with E-state index < -0.39 is 0 Å². The third kappa shape index (κ3) is 4.75. The van der Waals surface area contributed by atoms with Crippen LogP contribution in [0.3, 0.4) is 0 Å². The molecule has 1 heterocycles. The fourth-order valence-electron chi connectivity index (χ4n) is 2.26. The van der Waals surface area contributed by atoms with Crippen molar-refractivity contribution in [3.63, 3.8) is 0 Å². The molecule has 0 aliphatic rings. The van der Waals surface area contributed by atoms with Gasteiger partial charge in [-0.1, -0.05) is 26.8 Å². The molecule has 0 aliphatic carbocycles. The van der Waals surface area contributed by atoms with Crippen molar-refractivity contribution in [2.24, 2.45) is 5.41 Å². The molecule has 3 heteroatoms. The lowest BCUT2D eigenvalue weighted by Crippen LogP contribution is -2.41. The monoisotopic (exact) mass is 249 g/mol. The van der Waals surface area contributed by atoms with Crippen LogP contribution < -0.4 is 5.32 Å². The third-order valence-electron chi connectivity index (χ3n) is 3.62. The Balaban J connectivity index is 2.61. The Labute approximate surface area is 112 Å². The second kappa shape index (κ2) is 7.49. The molecule has 0 amide bonds. The smallest absolute Gasteiger partial charge is 0.0543 e. The molecule has 0 aromatic carbocycles. The van der Waals surface area contributed by atoms with E-state index in [0.717, 1.165) is 31.9 Å². The third-order valence-corrected chi connectivity index (χ3v) is 3.62. The van der Waals surface area contributed by atoms with Crippen LogP contribution in [-0.2, 0) is 6.54 Å². The molecule has 0 radical (unpaired) electrons. The standard InChI is InChI=1S/C15H27N3/c1-5-15(3,12-16-4)13-18(6-2)11-14-9-7-8-10-17-14/h7-10,16H,5-6,11-13H2,1-4H3. The summed E-state index contributed by atoms with van der Waals surface area (Å²) in [4.78, 5) is 6.89. The largest absolute Gasteiger partial charge is 0.319 e. The van der Waals surface area contributed by atoms with Crippen LogP contribution in [0.15, 0.2) is 24.4 Å². The van der Waals surface area contributed by atoms with Crippen molar-refractivity contribution in [3.05, 3.63) is 30.1 Å². The molecule has 0 saturated heterocycles. The summed E-state index contributed by atoms with van der Waals surface area (Å²) in [5, 5.41) is 3.31. The van der Waals surface area contributed by atoms with Crippen LogP contribution in [-0.4, -0.2) is 36.6 Å². The topological polar surface area (TPSA) is 28.2 Å². The molecule has 0 bridgehead atoms. The lowest BCUT2D eigenvalue weighted by atomic mass is 9.86. The lowest BCUT2D eigenvalue weighted by molar-refractivity contribution is 0.155. The van der Waals surface area contributed by atoms with Crippen molar-refractivity contribution in [3.8, 4) is 0 Å². The number of rotatable bonds is 8. The normalized spacial score (nSPS) is 14.7. The molecule has 102 valence electrons. The van der Waals surface area contributed by atoms with Gasteiger partial charge in [-0.2, -0.15) is 0 Å². The average molecular weight is 249 g/mol. The molecule has 18 heavy (non-hydrogen) atoms. The second-order valence-electron chi connectivity index (χ2n) is 5.32. The van der Waals surface area contributed by atoms with E-state index in [9.17, 15) is 0 Å². The van der Waals surface area contributed by atoms with E-state index in [-0.39, 0.29) is 0 Å². The van der Waals surface area contributed by atoms with E-state index in [0.29, 0.717) is 5.41 Å². The molecule has 3 nitrogen and oxygen atoms in total. The Kier molecular flexibility index (Phi) is 6.30. The van der Waals surface area contributed by atoms with Crippen LogP contribution in [0.5, 0.6) is 0 Å². The zero-order valence-electron chi connectivity index (χ0n) is 12.2. The summed E-state index contributed by atoms with van der Waals surface area (Å²) in [6.07, 6.45) is 3.06. The van der Waals surface area contributed by atoms with Crippen LogP contribution in [0, 0.1) is 5.41 Å². The van der Waals surface area contributed by atoms with Crippen molar-refractivity contribution in [1.29, 1.82) is 0 Å². The van der Waals surface area contributed by atoms with Gasteiger partial charge in [0.05, 0.1) is 5.69 Å². The van der Waals surface area contributed by atoms with Gasteiger partial charge in [0, 0.05) is 25.8 Å². The number of hydrogen-bond donors (Lipinski definition) is 1. The van der Waals surface area contributed by atoms with E-state index in [1.807, 2.05) is 19.3 Å². The van der Waals surface area contributed by atoms with Gasteiger partial charge in [0.15, 0.2) is 0 Å². The maximum absolute atomic E-state index is 4.41. The Hall–Kier alpha value is -0.930. The molecule has 0 aliphatic heterocycles. The predicted molar refractivity (Wildman–Crippen MR) is 77.5 cm³/mol. The van der Waals surface area contributed by atoms with Gasteiger partial charge in [0.25, 0.3) is 0 Å². The zero-order chi connectivity index (χ0) is 13.4. The molecule has 1 unspecified atom stereocenters. The van der Waals surface area contributed by atoms with Crippen LogP contribution in [0.25, 0.3) is 0 Å². The highest BCUT2D eigenvalue weighted by Gasteiger charge is 2.24. The highest BCUT2D eigenvalue weighted by atomic mass is 15.1. The molecule has 0 fully saturated rings. The summed E-state index contributed by atoms with van der Waals surface area (Å²) >= 11 is 0. The highest BCUT2D eigenvalue weighted by molar-refractivity contribution is 5.03. The Morgan fingerprint density at radius 1 is 1.33 bits per heavy atom. The van der Waals surface area contributed by atoms with Gasteiger partial charge in [-0.25, -0.2) is 0 Å². The predicted octanol–water partition coefficient (Wildman–Crippen LogP) is 2.54. The summed E-state index contributed by atoms with van der Waals surface area (Å²) in [6.45, 7) is 11.0. The first-order chi connectivity index (χ1) is 8.63. The van der Waals surface area contributed by atoms with E-state index in [1.165, 1.54) is 6.42 Å². The van der Waals surface area contributed by atoms with Gasteiger partial charge in [0.1, 0.15) is 0 Å². The molecule has 1 aromatic rings. The quantitative estimate of drug-likeness (QED) is 0.767. The molecular formula is C15H27N3. The summed E-state index contributed by atoms with van der Waals surface area (Å²) < 4.78 is 0. The number of hydrogen-bond acceptors (Lipinski definition) is 3. The van der Waals surface area contributed by atoms with E-state index >= 15 is 0 Å². The fourth-order valence-corrected chi connectivity index (χ4v) is 2.26. The van der Waals surface area contributed by atoms with Crippen molar-refractivity contribution in [2.75, 3.05) is 26.7 Å². The van der Waals surface area contributed by atoms with Gasteiger partial charge in [-0.05, 0) is 37.6 Å². The SMILES string of the molecule is CCN(Cc1ccccn1)CC(C)(CC)CNC. The van der Waals surface area contributed by atoms with Gasteiger partial charge in [0.2, 0.25) is 0 Å². The van der Waals surface area contributed by atoms with Gasteiger partial charge >= 0.3 is 0 Å². The minimum Gasteiger partial charge on any atom is -0.319 e.